The minimum atomic E-state index is -1.29. The van der Waals surface area contributed by atoms with Crippen molar-refractivity contribution in [3.8, 4) is 11.3 Å². The summed E-state index contributed by atoms with van der Waals surface area (Å²) >= 11 is 17.4. The predicted molar refractivity (Wildman–Crippen MR) is 121 cm³/mol. The number of anilines is 1. The number of thiocarbonyl (C=S) groups is 1. The van der Waals surface area contributed by atoms with Gasteiger partial charge in [0.25, 0.3) is 11.8 Å². The van der Waals surface area contributed by atoms with Crippen LogP contribution in [-0.4, -0.2) is 22.9 Å². The Kier molecular flexibility index (Phi) is 5.84. The molecule has 160 valence electrons. The van der Waals surface area contributed by atoms with Gasteiger partial charge in [0, 0.05) is 5.56 Å². The molecule has 1 saturated heterocycles. The number of halogens is 2. The maximum Gasteiger partial charge on any atom is 0.270 e. The molecule has 0 atom stereocenters. The monoisotopic (exact) mass is 485 g/mol. The average Bonchev–Trinajstić information content (AvgIpc) is 3.23. The zero-order valence-electron chi connectivity index (χ0n) is 15.9. The van der Waals surface area contributed by atoms with Gasteiger partial charge < -0.3 is 14.3 Å². The van der Waals surface area contributed by atoms with Gasteiger partial charge in [-0.2, -0.15) is 0 Å². The minimum absolute atomic E-state index is 0.0304. The largest absolute Gasteiger partial charge is 0.545 e. The van der Waals surface area contributed by atoms with Crippen LogP contribution in [0.2, 0.25) is 10.0 Å². The molecule has 4 rings (SSSR count). The van der Waals surface area contributed by atoms with Crippen LogP contribution in [0.1, 0.15) is 16.1 Å². The molecule has 1 N–H and O–H groups in total. The van der Waals surface area contributed by atoms with Crippen molar-refractivity contribution in [2.24, 2.45) is 0 Å². The quantitative estimate of drug-likeness (QED) is 0.344. The Hall–Kier alpha value is -3.46. The van der Waals surface area contributed by atoms with Crippen molar-refractivity contribution in [3.05, 3.63) is 81.5 Å². The van der Waals surface area contributed by atoms with Crippen molar-refractivity contribution in [3.63, 3.8) is 0 Å². The van der Waals surface area contributed by atoms with Crippen molar-refractivity contribution >= 4 is 70.1 Å². The molecule has 3 aromatic rings. The van der Waals surface area contributed by atoms with E-state index in [9.17, 15) is 19.5 Å². The summed E-state index contributed by atoms with van der Waals surface area (Å²) in [5.41, 5.74) is 0.645. The maximum atomic E-state index is 13.1. The van der Waals surface area contributed by atoms with Crippen LogP contribution in [0, 0.1) is 0 Å². The molecule has 2 amide bonds. The molecule has 1 fully saturated rings. The number of carbonyl (C=O) groups excluding carboxylic acids is 3. The van der Waals surface area contributed by atoms with Gasteiger partial charge in [-0.25, -0.2) is 0 Å². The van der Waals surface area contributed by atoms with Gasteiger partial charge in [-0.3, -0.25) is 19.8 Å². The number of rotatable bonds is 4. The van der Waals surface area contributed by atoms with E-state index in [0.717, 1.165) is 4.90 Å². The molecule has 2 aromatic carbocycles. The van der Waals surface area contributed by atoms with E-state index >= 15 is 0 Å². The van der Waals surface area contributed by atoms with Crippen LogP contribution >= 0.6 is 35.4 Å². The van der Waals surface area contributed by atoms with Crippen LogP contribution in [0.3, 0.4) is 0 Å². The molecule has 0 unspecified atom stereocenters. The van der Waals surface area contributed by atoms with E-state index < -0.39 is 17.8 Å². The minimum Gasteiger partial charge on any atom is -0.545 e. The third-order valence-corrected chi connectivity index (χ3v) is 5.69. The van der Waals surface area contributed by atoms with Crippen molar-refractivity contribution in [1.29, 1.82) is 0 Å². The first-order valence-electron chi connectivity index (χ1n) is 9.03. The standard InChI is InChI=1S/C22H12Cl2N2O5S/c23-15-2-1-3-16(18(15)24)26-20(28)14(19(27)25-22(26)32)10-13-8-9-17(31-13)11-4-6-12(7-5-11)21(29)30/h1-10H,(H,29,30)(H,25,27,32)/p-1/b14-10+. The molecule has 0 bridgehead atoms. The van der Waals surface area contributed by atoms with E-state index in [2.05, 4.69) is 5.32 Å². The third-order valence-electron chi connectivity index (χ3n) is 4.59. The fraction of sp³-hybridized carbons (Fsp3) is 0. The topological polar surface area (TPSA) is 103 Å². The van der Waals surface area contributed by atoms with Crippen molar-refractivity contribution in [1.82, 2.24) is 5.32 Å². The first-order valence-corrected chi connectivity index (χ1v) is 10.2. The number of benzene rings is 2. The molecule has 0 spiro atoms. The molecule has 1 aliphatic rings. The Bertz CT molecular complexity index is 1310. The van der Waals surface area contributed by atoms with E-state index in [0.29, 0.717) is 11.3 Å². The Labute approximate surface area is 196 Å². The van der Waals surface area contributed by atoms with Crippen LogP contribution in [-0.2, 0) is 9.59 Å². The average molecular weight is 486 g/mol. The first-order chi connectivity index (χ1) is 15.3. The molecule has 32 heavy (non-hydrogen) atoms. The van der Waals surface area contributed by atoms with Crippen LogP contribution in [0.5, 0.6) is 0 Å². The second kappa shape index (κ2) is 8.58. The third kappa shape index (κ3) is 4.03. The molecule has 0 radical (unpaired) electrons. The van der Waals surface area contributed by atoms with Gasteiger partial charge in [0.15, 0.2) is 5.11 Å². The highest BCUT2D eigenvalue weighted by Crippen LogP contribution is 2.34. The van der Waals surface area contributed by atoms with Gasteiger partial charge in [-0.05, 0) is 48.1 Å². The van der Waals surface area contributed by atoms with Gasteiger partial charge >= 0.3 is 0 Å². The van der Waals surface area contributed by atoms with Crippen LogP contribution in [0.4, 0.5) is 5.69 Å². The smallest absolute Gasteiger partial charge is 0.270 e. The number of nitrogens with one attached hydrogen (secondary N) is 1. The van der Waals surface area contributed by atoms with Crippen LogP contribution < -0.4 is 15.3 Å². The Morgan fingerprint density at radius 3 is 2.47 bits per heavy atom. The number of amides is 2. The maximum absolute atomic E-state index is 13.1. The first kappa shape index (κ1) is 21.8. The van der Waals surface area contributed by atoms with Crippen LogP contribution in [0.25, 0.3) is 17.4 Å². The number of carbonyl (C=O) groups is 3. The summed E-state index contributed by atoms with van der Waals surface area (Å²) < 4.78 is 5.71. The molecular weight excluding hydrogens is 475 g/mol. The number of furan rings is 1. The molecule has 7 nitrogen and oxygen atoms in total. The Morgan fingerprint density at radius 1 is 1.06 bits per heavy atom. The molecule has 10 heteroatoms. The van der Waals surface area contributed by atoms with Crippen LogP contribution in [0.15, 0.2) is 64.6 Å². The summed E-state index contributed by atoms with van der Waals surface area (Å²) in [5.74, 6) is -2.03. The molecule has 1 aliphatic heterocycles. The molecule has 0 saturated carbocycles. The van der Waals surface area contributed by atoms with E-state index in [1.54, 1.807) is 42.5 Å². The Balaban J connectivity index is 1.67. The summed E-state index contributed by atoms with van der Waals surface area (Å²) in [6, 6.07) is 13.8. The van der Waals surface area contributed by atoms with Crippen molar-refractivity contribution in [2.75, 3.05) is 4.90 Å². The number of hydrogen-bond acceptors (Lipinski definition) is 6. The summed E-state index contributed by atoms with van der Waals surface area (Å²) in [5, 5.41) is 13.5. The predicted octanol–water partition coefficient (Wildman–Crippen LogP) is 3.45. The SMILES string of the molecule is O=C1NC(=S)N(c2cccc(Cl)c2Cl)C(=O)/C1=C/c1ccc(-c2ccc(C(=O)[O-])cc2)o1. The zero-order chi connectivity index (χ0) is 23.0. The van der Waals surface area contributed by atoms with Gasteiger partial charge in [0.2, 0.25) is 0 Å². The lowest BCUT2D eigenvalue weighted by Gasteiger charge is -2.29. The highest BCUT2D eigenvalue weighted by molar-refractivity contribution is 7.80. The molecule has 2 heterocycles. The molecular formula is C22H11Cl2N2O5S-. The molecule has 0 aliphatic carbocycles. The van der Waals surface area contributed by atoms with E-state index in [-0.39, 0.29) is 37.7 Å². The lowest BCUT2D eigenvalue weighted by molar-refractivity contribution is -0.255. The number of aromatic carboxylic acids is 1. The van der Waals surface area contributed by atoms with E-state index in [1.165, 1.54) is 18.2 Å². The van der Waals surface area contributed by atoms with E-state index in [1.807, 2.05) is 0 Å². The highest BCUT2D eigenvalue weighted by atomic mass is 35.5. The summed E-state index contributed by atoms with van der Waals surface area (Å²) in [6.45, 7) is 0. The van der Waals surface area contributed by atoms with E-state index in [4.69, 9.17) is 39.8 Å². The number of carboxylic acid groups (broad SMARTS) is 1. The van der Waals surface area contributed by atoms with Gasteiger partial charge in [0.05, 0.1) is 21.7 Å². The van der Waals surface area contributed by atoms with Crippen molar-refractivity contribution < 1.29 is 23.9 Å². The Morgan fingerprint density at radius 2 is 1.78 bits per heavy atom. The second-order valence-corrected chi connectivity index (χ2v) is 7.77. The second-order valence-electron chi connectivity index (χ2n) is 6.60. The fourth-order valence-corrected chi connectivity index (χ4v) is 3.69. The van der Waals surface area contributed by atoms with Gasteiger partial charge in [-0.15, -0.1) is 0 Å². The number of nitrogens with zero attached hydrogens (tertiary/aromatic N) is 1. The zero-order valence-corrected chi connectivity index (χ0v) is 18.3. The van der Waals surface area contributed by atoms with Gasteiger partial charge in [-0.1, -0.05) is 53.5 Å². The number of hydrogen-bond donors (Lipinski definition) is 1. The summed E-state index contributed by atoms with van der Waals surface area (Å²) in [6.07, 6.45) is 1.28. The highest BCUT2D eigenvalue weighted by Gasteiger charge is 2.36. The van der Waals surface area contributed by atoms with Crippen molar-refractivity contribution in [2.45, 2.75) is 0 Å². The summed E-state index contributed by atoms with van der Waals surface area (Å²) in [7, 11) is 0. The van der Waals surface area contributed by atoms with Gasteiger partial charge in [0.1, 0.15) is 17.1 Å². The fourth-order valence-electron chi connectivity index (χ4n) is 3.04. The lowest BCUT2D eigenvalue weighted by Crippen LogP contribution is -2.54. The summed E-state index contributed by atoms with van der Waals surface area (Å²) in [4.78, 5) is 37.5. The number of carboxylic acids is 1. The normalized spacial score (nSPS) is 15.2. The lowest BCUT2D eigenvalue weighted by atomic mass is 10.1. The molecule has 1 aromatic heterocycles.